The molecular formula is C9H6Cl2O3. The SMILES string of the molecule is O=C(O)c1ccc2c(c1)OC(Cl)C2Cl. The molecule has 5 heteroatoms. The third-order valence-corrected chi connectivity index (χ3v) is 2.96. The molecule has 1 N–H and O–H groups in total. The van der Waals surface area contributed by atoms with Crippen LogP contribution in [0.15, 0.2) is 18.2 Å². The van der Waals surface area contributed by atoms with Crippen LogP contribution in [0.5, 0.6) is 5.75 Å². The number of carboxylic acids is 1. The number of halogens is 2. The summed E-state index contributed by atoms with van der Waals surface area (Å²) < 4.78 is 5.18. The van der Waals surface area contributed by atoms with Gasteiger partial charge >= 0.3 is 5.97 Å². The fourth-order valence-electron chi connectivity index (χ4n) is 1.32. The quantitative estimate of drug-likeness (QED) is 0.758. The molecule has 0 spiro atoms. The summed E-state index contributed by atoms with van der Waals surface area (Å²) >= 11 is 11.7. The lowest BCUT2D eigenvalue weighted by Gasteiger charge is -2.02. The summed E-state index contributed by atoms with van der Waals surface area (Å²) in [6.45, 7) is 0. The van der Waals surface area contributed by atoms with E-state index in [-0.39, 0.29) is 5.56 Å². The van der Waals surface area contributed by atoms with Crippen LogP contribution in [0.1, 0.15) is 21.3 Å². The standard InChI is InChI=1S/C9H6Cl2O3/c10-7-5-2-1-4(9(12)13)3-6(5)14-8(7)11/h1-3,7-8H,(H,12,13). The van der Waals surface area contributed by atoms with Gasteiger partial charge in [0.1, 0.15) is 11.1 Å². The maximum Gasteiger partial charge on any atom is 0.335 e. The Kier molecular flexibility index (Phi) is 2.29. The largest absolute Gasteiger partial charge is 0.478 e. The first-order valence-electron chi connectivity index (χ1n) is 3.91. The van der Waals surface area contributed by atoms with Crippen molar-refractivity contribution in [3.63, 3.8) is 0 Å². The fraction of sp³-hybridized carbons (Fsp3) is 0.222. The molecule has 1 aliphatic rings. The van der Waals surface area contributed by atoms with E-state index in [0.29, 0.717) is 5.75 Å². The van der Waals surface area contributed by atoms with Gasteiger partial charge in [0, 0.05) is 5.56 Å². The molecular weight excluding hydrogens is 227 g/mol. The van der Waals surface area contributed by atoms with Crippen molar-refractivity contribution in [3.05, 3.63) is 29.3 Å². The number of hydrogen-bond acceptors (Lipinski definition) is 2. The van der Waals surface area contributed by atoms with Gasteiger partial charge in [-0.15, -0.1) is 11.6 Å². The minimum Gasteiger partial charge on any atom is -0.478 e. The Balaban J connectivity index is 2.44. The first-order valence-corrected chi connectivity index (χ1v) is 4.79. The molecule has 1 heterocycles. The maximum absolute atomic E-state index is 10.6. The maximum atomic E-state index is 10.6. The molecule has 1 aromatic rings. The van der Waals surface area contributed by atoms with Gasteiger partial charge < -0.3 is 9.84 Å². The number of carbonyl (C=O) groups is 1. The highest BCUT2D eigenvalue weighted by Crippen LogP contribution is 2.42. The minimum absolute atomic E-state index is 0.165. The van der Waals surface area contributed by atoms with Crippen molar-refractivity contribution in [1.29, 1.82) is 0 Å². The van der Waals surface area contributed by atoms with Crippen molar-refractivity contribution in [3.8, 4) is 5.75 Å². The molecule has 3 nitrogen and oxygen atoms in total. The average molecular weight is 233 g/mol. The molecule has 0 fully saturated rings. The highest BCUT2D eigenvalue weighted by Gasteiger charge is 2.31. The summed E-state index contributed by atoms with van der Waals surface area (Å²) in [5.41, 5.74) is 0.269. The van der Waals surface area contributed by atoms with Crippen molar-refractivity contribution in [2.24, 2.45) is 0 Å². The number of hydrogen-bond donors (Lipinski definition) is 1. The highest BCUT2D eigenvalue weighted by molar-refractivity contribution is 6.30. The van der Waals surface area contributed by atoms with E-state index in [1.165, 1.54) is 12.1 Å². The molecule has 1 aliphatic heterocycles. The summed E-state index contributed by atoms with van der Waals surface area (Å²) in [6.07, 6.45) is 0. The van der Waals surface area contributed by atoms with Crippen LogP contribution in [-0.2, 0) is 0 Å². The van der Waals surface area contributed by atoms with E-state index in [9.17, 15) is 4.79 Å². The van der Waals surface area contributed by atoms with Crippen LogP contribution in [0.25, 0.3) is 0 Å². The van der Waals surface area contributed by atoms with Gasteiger partial charge in [-0.05, 0) is 12.1 Å². The molecule has 0 amide bonds. The Morgan fingerprint density at radius 1 is 1.43 bits per heavy atom. The Morgan fingerprint density at radius 3 is 2.79 bits per heavy atom. The highest BCUT2D eigenvalue weighted by atomic mass is 35.5. The predicted molar refractivity (Wildman–Crippen MR) is 52.3 cm³/mol. The van der Waals surface area contributed by atoms with Gasteiger partial charge in [0.15, 0.2) is 5.56 Å². The van der Waals surface area contributed by atoms with Crippen LogP contribution in [0.4, 0.5) is 0 Å². The molecule has 0 radical (unpaired) electrons. The van der Waals surface area contributed by atoms with Gasteiger partial charge in [0.25, 0.3) is 0 Å². The van der Waals surface area contributed by atoms with E-state index in [4.69, 9.17) is 33.0 Å². The zero-order chi connectivity index (χ0) is 10.3. The Bertz CT molecular complexity index is 392. The van der Waals surface area contributed by atoms with Crippen LogP contribution < -0.4 is 4.74 Å². The number of rotatable bonds is 1. The lowest BCUT2D eigenvalue weighted by atomic mass is 10.1. The first-order chi connectivity index (χ1) is 6.59. The van der Waals surface area contributed by atoms with Crippen LogP contribution in [-0.4, -0.2) is 16.6 Å². The van der Waals surface area contributed by atoms with E-state index in [0.717, 1.165) is 5.56 Å². The van der Waals surface area contributed by atoms with Gasteiger partial charge in [-0.25, -0.2) is 4.79 Å². The average Bonchev–Trinajstić information content (AvgIpc) is 2.42. The van der Waals surface area contributed by atoms with Crippen molar-refractivity contribution in [2.45, 2.75) is 10.9 Å². The third-order valence-electron chi connectivity index (χ3n) is 2.03. The number of carboxylic acid groups (broad SMARTS) is 1. The number of alkyl halides is 2. The summed E-state index contributed by atoms with van der Waals surface area (Å²) in [7, 11) is 0. The Labute approximate surface area is 90.2 Å². The number of aromatic carboxylic acids is 1. The summed E-state index contributed by atoms with van der Waals surface area (Å²) in [6, 6.07) is 4.53. The fourth-order valence-corrected chi connectivity index (χ4v) is 1.78. The zero-order valence-corrected chi connectivity index (χ0v) is 8.42. The third kappa shape index (κ3) is 1.42. The summed E-state index contributed by atoms with van der Waals surface area (Å²) in [5.74, 6) is -0.551. The molecule has 0 saturated carbocycles. The Hall–Kier alpha value is -0.930. The number of fused-ring (bicyclic) bond motifs is 1. The number of ether oxygens (including phenoxy) is 1. The van der Waals surface area contributed by atoms with Crippen LogP contribution in [0.3, 0.4) is 0 Å². The van der Waals surface area contributed by atoms with Crippen LogP contribution in [0.2, 0.25) is 0 Å². The summed E-state index contributed by atoms with van der Waals surface area (Å²) in [5, 5.41) is 8.30. The van der Waals surface area contributed by atoms with Crippen molar-refractivity contribution >= 4 is 29.2 Å². The van der Waals surface area contributed by atoms with Crippen molar-refractivity contribution in [2.75, 3.05) is 0 Å². The van der Waals surface area contributed by atoms with E-state index in [2.05, 4.69) is 0 Å². The van der Waals surface area contributed by atoms with E-state index in [1.807, 2.05) is 0 Å². The van der Waals surface area contributed by atoms with Crippen LogP contribution in [0, 0.1) is 0 Å². The molecule has 2 atom stereocenters. The molecule has 0 aromatic heterocycles. The molecule has 74 valence electrons. The van der Waals surface area contributed by atoms with E-state index >= 15 is 0 Å². The van der Waals surface area contributed by atoms with Crippen molar-refractivity contribution < 1.29 is 14.6 Å². The second kappa shape index (κ2) is 3.33. The monoisotopic (exact) mass is 232 g/mol. The number of benzene rings is 1. The van der Waals surface area contributed by atoms with Crippen LogP contribution >= 0.6 is 23.2 Å². The smallest absolute Gasteiger partial charge is 0.335 e. The van der Waals surface area contributed by atoms with Gasteiger partial charge in [0.2, 0.25) is 0 Å². The van der Waals surface area contributed by atoms with Gasteiger partial charge in [-0.3, -0.25) is 0 Å². The molecule has 2 unspecified atom stereocenters. The lowest BCUT2D eigenvalue weighted by Crippen LogP contribution is -2.04. The lowest BCUT2D eigenvalue weighted by molar-refractivity contribution is 0.0696. The zero-order valence-electron chi connectivity index (χ0n) is 6.91. The van der Waals surface area contributed by atoms with E-state index < -0.39 is 16.9 Å². The molecule has 0 bridgehead atoms. The molecule has 0 aliphatic carbocycles. The topological polar surface area (TPSA) is 46.5 Å². The predicted octanol–water partition coefficient (Wildman–Crippen LogP) is 2.62. The van der Waals surface area contributed by atoms with Gasteiger partial charge in [-0.1, -0.05) is 17.7 Å². The van der Waals surface area contributed by atoms with Gasteiger partial charge in [-0.2, -0.15) is 0 Å². The van der Waals surface area contributed by atoms with Crippen molar-refractivity contribution in [1.82, 2.24) is 0 Å². The molecule has 14 heavy (non-hydrogen) atoms. The molecule has 2 rings (SSSR count). The van der Waals surface area contributed by atoms with E-state index in [1.54, 1.807) is 6.07 Å². The second-order valence-corrected chi connectivity index (χ2v) is 3.83. The molecule has 1 aromatic carbocycles. The first kappa shape index (κ1) is 9.62. The Morgan fingerprint density at radius 2 is 2.14 bits per heavy atom. The minimum atomic E-state index is -0.999. The second-order valence-electron chi connectivity index (χ2n) is 2.93. The normalized spacial score (nSPS) is 24.1. The molecule has 0 saturated heterocycles. The summed E-state index contributed by atoms with van der Waals surface area (Å²) in [4.78, 5) is 10.6. The van der Waals surface area contributed by atoms with Gasteiger partial charge in [0.05, 0.1) is 5.56 Å².